The molecule has 0 bridgehead atoms. The number of pyridine rings is 1. The maximum absolute atomic E-state index is 12.7. The largest absolute Gasteiger partial charge is 0.419 e. The Balaban J connectivity index is 1.33. The van der Waals surface area contributed by atoms with E-state index in [0.29, 0.717) is 38.7 Å². The van der Waals surface area contributed by atoms with Crippen molar-refractivity contribution in [1.82, 2.24) is 10.2 Å². The number of carbonyl (C=O) groups excluding carboxylic acids is 2. The van der Waals surface area contributed by atoms with Crippen LogP contribution >= 0.6 is 0 Å². The lowest BCUT2D eigenvalue weighted by Gasteiger charge is -2.30. The Bertz CT molecular complexity index is 772. The molecule has 0 unspecified atom stereocenters. The zero-order valence-electron chi connectivity index (χ0n) is 15.6. The summed E-state index contributed by atoms with van der Waals surface area (Å²) in [6, 6.07) is 2.17. The zero-order chi connectivity index (χ0) is 20.1. The van der Waals surface area contributed by atoms with Crippen molar-refractivity contribution >= 4 is 17.8 Å². The van der Waals surface area contributed by atoms with E-state index in [0.717, 1.165) is 30.0 Å². The quantitative estimate of drug-likeness (QED) is 0.695. The molecule has 7 nitrogen and oxygen atoms in total. The fraction of sp³-hybridized carbons (Fsp3) is 0.611. The SMILES string of the molecule is C[C@@]1(C2CC2)NC(=O)N(C[NH+]2CCN(c3ccc(C(F)(F)F)c[nH+]3)CC2)C1=O. The number of alkyl halides is 3. The number of nitrogens with one attached hydrogen (secondary N) is 3. The van der Waals surface area contributed by atoms with Crippen molar-refractivity contribution in [1.29, 1.82) is 0 Å². The summed E-state index contributed by atoms with van der Waals surface area (Å²) < 4.78 is 38.0. The number of imide groups is 1. The second kappa shape index (κ2) is 6.61. The third kappa shape index (κ3) is 3.41. The number of carbonyl (C=O) groups is 2. The highest BCUT2D eigenvalue weighted by Gasteiger charge is 2.56. The van der Waals surface area contributed by atoms with Crippen molar-refractivity contribution in [3.8, 4) is 0 Å². The van der Waals surface area contributed by atoms with Gasteiger partial charge in [0.1, 0.15) is 37.9 Å². The summed E-state index contributed by atoms with van der Waals surface area (Å²) in [4.78, 5) is 32.1. The molecule has 28 heavy (non-hydrogen) atoms. The molecular weight excluding hydrogens is 375 g/mol. The van der Waals surface area contributed by atoms with Gasteiger partial charge < -0.3 is 10.2 Å². The normalized spacial score (nSPS) is 26.7. The van der Waals surface area contributed by atoms with E-state index in [9.17, 15) is 22.8 Å². The lowest BCUT2D eigenvalue weighted by Crippen LogP contribution is -3.16. The average molecular weight is 399 g/mol. The van der Waals surface area contributed by atoms with E-state index in [4.69, 9.17) is 0 Å². The predicted molar refractivity (Wildman–Crippen MR) is 92.3 cm³/mol. The number of aromatic amines is 1. The molecule has 0 aromatic carbocycles. The Morgan fingerprint density at radius 3 is 2.46 bits per heavy atom. The number of hydrogen-bond acceptors (Lipinski definition) is 3. The van der Waals surface area contributed by atoms with Gasteiger partial charge in [-0.05, 0) is 31.7 Å². The number of anilines is 1. The van der Waals surface area contributed by atoms with Gasteiger partial charge in [-0.2, -0.15) is 13.2 Å². The van der Waals surface area contributed by atoms with Gasteiger partial charge in [0.25, 0.3) is 11.7 Å². The van der Waals surface area contributed by atoms with Gasteiger partial charge in [-0.15, -0.1) is 0 Å². The molecule has 0 radical (unpaired) electrons. The molecule has 3 fully saturated rings. The fourth-order valence-electron chi connectivity index (χ4n) is 4.03. The fourth-order valence-corrected chi connectivity index (χ4v) is 4.03. The average Bonchev–Trinajstić information content (AvgIpc) is 3.48. The number of hydrogen-bond donors (Lipinski definition) is 2. The van der Waals surface area contributed by atoms with Gasteiger partial charge in [0.05, 0.1) is 5.56 Å². The van der Waals surface area contributed by atoms with Crippen LogP contribution in [0, 0.1) is 5.92 Å². The topological polar surface area (TPSA) is 71.2 Å². The van der Waals surface area contributed by atoms with E-state index in [1.807, 2.05) is 4.90 Å². The first-order valence-electron chi connectivity index (χ1n) is 9.50. The highest BCUT2D eigenvalue weighted by atomic mass is 19.4. The van der Waals surface area contributed by atoms with Crippen LogP contribution in [0.3, 0.4) is 0 Å². The third-order valence-corrected chi connectivity index (χ3v) is 6.01. The molecule has 2 saturated heterocycles. The lowest BCUT2D eigenvalue weighted by molar-refractivity contribution is -0.908. The summed E-state index contributed by atoms with van der Waals surface area (Å²) in [6.07, 6.45) is -1.47. The standard InChI is InChI=1S/C18H22F3N5O2/c1-17(12-2-3-12)15(27)26(16(28)23-17)11-24-6-8-25(9-7-24)14-5-4-13(10-22-14)18(19,20)21/h4-5,10,12H,2-3,6-9,11H2,1H3,(H,23,28)/p+2/t17-/m0/s1. The number of piperazine rings is 1. The molecule has 10 heteroatoms. The Hall–Kier alpha value is -2.36. The van der Waals surface area contributed by atoms with Crippen molar-refractivity contribution in [2.75, 3.05) is 37.7 Å². The molecule has 3 aliphatic rings. The van der Waals surface area contributed by atoms with Crippen LogP contribution in [0.1, 0.15) is 25.3 Å². The summed E-state index contributed by atoms with van der Waals surface area (Å²) in [6.45, 7) is 4.75. The van der Waals surface area contributed by atoms with E-state index in [1.165, 1.54) is 11.0 Å². The second-order valence-electron chi connectivity index (χ2n) is 8.00. The zero-order valence-corrected chi connectivity index (χ0v) is 15.6. The predicted octanol–water partition coefficient (Wildman–Crippen LogP) is -0.0976. The molecule has 1 aromatic heterocycles. The van der Waals surface area contributed by atoms with Crippen LogP contribution in [-0.2, 0) is 11.0 Å². The smallest absolute Gasteiger partial charge is 0.323 e. The number of halogens is 3. The first-order chi connectivity index (χ1) is 13.2. The number of urea groups is 1. The van der Waals surface area contributed by atoms with E-state index in [2.05, 4.69) is 10.3 Å². The monoisotopic (exact) mass is 399 g/mol. The van der Waals surface area contributed by atoms with Gasteiger partial charge in [-0.1, -0.05) is 0 Å². The van der Waals surface area contributed by atoms with Gasteiger partial charge >= 0.3 is 12.2 Å². The lowest BCUT2D eigenvalue weighted by atomic mass is 9.96. The van der Waals surface area contributed by atoms with E-state index in [-0.39, 0.29) is 17.9 Å². The highest BCUT2D eigenvalue weighted by Crippen LogP contribution is 2.42. The summed E-state index contributed by atoms with van der Waals surface area (Å²) in [5, 5.41) is 2.85. The maximum atomic E-state index is 12.7. The number of rotatable bonds is 4. The number of quaternary nitrogens is 1. The number of nitrogens with zero attached hydrogens (tertiary/aromatic N) is 2. The molecule has 2 aliphatic heterocycles. The summed E-state index contributed by atoms with van der Waals surface area (Å²) in [5.41, 5.74) is -1.48. The molecule has 1 aliphatic carbocycles. The Morgan fingerprint density at radius 2 is 1.93 bits per heavy atom. The van der Waals surface area contributed by atoms with Crippen molar-refractivity contribution in [3.63, 3.8) is 0 Å². The van der Waals surface area contributed by atoms with Gasteiger partial charge in [0.15, 0.2) is 6.67 Å². The molecule has 3 heterocycles. The van der Waals surface area contributed by atoms with E-state index >= 15 is 0 Å². The molecule has 1 aromatic rings. The second-order valence-corrected chi connectivity index (χ2v) is 8.00. The van der Waals surface area contributed by atoms with Crippen LogP contribution in [0.2, 0.25) is 0 Å². The summed E-state index contributed by atoms with van der Waals surface area (Å²) >= 11 is 0. The van der Waals surface area contributed by atoms with Crippen LogP contribution in [0.25, 0.3) is 0 Å². The van der Waals surface area contributed by atoms with Crippen LogP contribution in [0.4, 0.5) is 23.8 Å². The highest BCUT2D eigenvalue weighted by molar-refractivity contribution is 6.07. The molecular formula is C18H24F3N5O2+2. The van der Waals surface area contributed by atoms with Crippen molar-refractivity contribution in [3.05, 3.63) is 23.9 Å². The van der Waals surface area contributed by atoms with Gasteiger partial charge in [-0.25, -0.2) is 14.7 Å². The minimum atomic E-state index is -4.37. The molecule has 1 saturated carbocycles. The van der Waals surface area contributed by atoms with Gasteiger partial charge in [0.2, 0.25) is 0 Å². The maximum Gasteiger partial charge on any atom is 0.419 e. The van der Waals surface area contributed by atoms with Gasteiger partial charge in [0, 0.05) is 6.07 Å². The molecule has 152 valence electrons. The Morgan fingerprint density at radius 1 is 1.25 bits per heavy atom. The van der Waals surface area contributed by atoms with Crippen LogP contribution in [-0.4, -0.2) is 55.2 Å². The Labute approximate surface area is 160 Å². The molecule has 4 rings (SSSR count). The minimum absolute atomic E-state index is 0.147. The minimum Gasteiger partial charge on any atom is -0.323 e. The number of H-pyrrole nitrogens is 1. The summed E-state index contributed by atoms with van der Waals surface area (Å²) in [7, 11) is 0. The third-order valence-electron chi connectivity index (χ3n) is 6.01. The number of aromatic nitrogens is 1. The molecule has 1 atom stereocenters. The molecule has 0 spiro atoms. The van der Waals surface area contributed by atoms with E-state index in [1.54, 1.807) is 6.92 Å². The molecule has 3 amide bonds. The first-order valence-corrected chi connectivity index (χ1v) is 9.50. The van der Waals surface area contributed by atoms with Crippen molar-refractivity contribution in [2.24, 2.45) is 5.92 Å². The first kappa shape index (κ1) is 19.0. The Kier molecular flexibility index (Phi) is 4.48. The van der Waals surface area contributed by atoms with Crippen molar-refractivity contribution in [2.45, 2.75) is 31.5 Å². The molecule has 3 N–H and O–H groups in total. The van der Waals surface area contributed by atoms with E-state index < -0.39 is 17.3 Å². The van der Waals surface area contributed by atoms with Crippen molar-refractivity contribution < 1.29 is 32.6 Å². The van der Waals surface area contributed by atoms with Gasteiger partial charge in [-0.3, -0.25) is 9.69 Å². The van der Waals surface area contributed by atoms with Crippen LogP contribution < -0.4 is 20.1 Å². The summed E-state index contributed by atoms with van der Waals surface area (Å²) in [5.74, 6) is 0.713. The number of amides is 3. The van der Waals surface area contributed by atoms with Crippen LogP contribution in [0.5, 0.6) is 0 Å². The van der Waals surface area contributed by atoms with Crippen LogP contribution in [0.15, 0.2) is 18.3 Å².